The number of nitrogens with one attached hydrogen (secondary N) is 2. The van der Waals surface area contributed by atoms with Gasteiger partial charge in [0.05, 0.1) is 26.5 Å². The number of fused-ring (bicyclic) bond motifs is 1. The van der Waals surface area contributed by atoms with E-state index in [0.717, 1.165) is 27.6 Å². The molecule has 2 heterocycles. The lowest BCUT2D eigenvalue weighted by molar-refractivity contribution is 0.981. The van der Waals surface area contributed by atoms with Crippen LogP contribution in [0.1, 0.15) is 11.3 Å². The predicted molar refractivity (Wildman–Crippen MR) is 119 cm³/mol. The van der Waals surface area contributed by atoms with Crippen LogP contribution < -0.4 is 10.6 Å². The first-order valence-corrected chi connectivity index (χ1v) is 10.4. The van der Waals surface area contributed by atoms with E-state index in [1.54, 1.807) is 18.3 Å². The quantitative estimate of drug-likeness (QED) is 0.485. The van der Waals surface area contributed by atoms with Crippen LogP contribution in [0.25, 0.3) is 5.57 Å². The standard InChI is InChI=1S/C21H15Cl2N5S/c22-15-6-5-13(11-16(15)23)7-9-25-21-26-10-8-17(28-21)14(12-24)20-27-18-3-1-2-4-19(18)29-20/h1-6,8,10-11,27H,7,9H2,(H,25,26,28)/b20-14+. The molecule has 144 valence electrons. The van der Waals surface area contributed by atoms with Crippen LogP contribution in [0.3, 0.4) is 0 Å². The summed E-state index contributed by atoms with van der Waals surface area (Å²) >= 11 is 13.5. The summed E-state index contributed by atoms with van der Waals surface area (Å²) in [6.45, 7) is 0.623. The van der Waals surface area contributed by atoms with Crippen LogP contribution in [0.15, 0.2) is 64.7 Å². The predicted octanol–water partition coefficient (Wildman–Crippen LogP) is 5.85. The number of para-hydroxylation sites is 1. The Bertz CT molecular complexity index is 1110. The molecule has 8 heteroatoms. The summed E-state index contributed by atoms with van der Waals surface area (Å²) in [5, 5.41) is 18.1. The number of rotatable bonds is 5. The third-order valence-corrected chi connectivity index (χ3v) is 6.10. The normalized spacial score (nSPS) is 14.0. The van der Waals surface area contributed by atoms with E-state index in [-0.39, 0.29) is 0 Å². The van der Waals surface area contributed by atoms with Gasteiger partial charge in [-0.2, -0.15) is 5.26 Å². The molecule has 1 aliphatic heterocycles. The minimum Gasteiger partial charge on any atom is -0.354 e. The highest BCUT2D eigenvalue weighted by Gasteiger charge is 2.20. The molecular formula is C21H15Cl2N5S. The van der Waals surface area contributed by atoms with E-state index in [9.17, 15) is 5.26 Å². The number of aromatic nitrogens is 2. The van der Waals surface area contributed by atoms with Crippen LogP contribution in [0.4, 0.5) is 11.6 Å². The lowest BCUT2D eigenvalue weighted by Gasteiger charge is -2.08. The number of thioether (sulfide) groups is 1. The molecule has 3 aromatic rings. The van der Waals surface area contributed by atoms with Crippen molar-refractivity contribution < 1.29 is 0 Å². The van der Waals surface area contributed by atoms with Crippen LogP contribution in [0.2, 0.25) is 10.0 Å². The van der Waals surface area contributed by atoms with Gasteiger partial charge in [-0.1, -0.05) is 53.2 Å². The fraction of sp³-hybridized carbons (Fsp3) is 0.0952. The Hall–Kier alpha value is -2.72. The summed E-state index contributed by atoms with van der Waals surface area (Å²) in [5.41, 5.74) is 3.12. The Morgan fingerprint density at radius 2 is 2.00 bits per heavy atom. The van der Waals surface area contributed by atoms with Gasteiger partial charge in [0.2, 0.25) is 5.95 Å². The maximum Gasteiger partial charge on any atom is 0.223 e. The molecule has 0 saturated heterocycles. The monoisotopic (exact) mass is 439 g/mol. The van der Waals surface area contributed by atoms with Crippen molar-refractivity contribution in [2.75, 3.05) is 17.2 Å². The first-order chi connectivity index (χ1) is 14.1. The van der Waals surface area contributed by atoms with E-state index < -0.39 is 0 Å². The van der Waals surface area contributed by atoms with E-state index in [1.165, 1.54) is 11.8 Å². The van der Waals surface area contributed by atoms with Crippen molar-refractivity contribution in [1.82, 2.24) is 9.97 Å². The van der Waals surface area contributed by atoms with Gasteiger partial charge in [-0.15, -0.1) is 0 Å². The van der Waals surface area contributed by atoms with Gasteiger partial charge < -0.3 is 10.6 Å². The van der Waals surface area contributed by atoms with Crippen molar-refractivity contribution in [2.45, 2.75) is 11.3 Å². The summed E-state index contributed by atoms with van der Waals surface area (Å²) in [6.07, 6.45) is 2.39. The molecule has 0 radical (unpaired) electrons. The molecule has 29 heavy (non-hydrogen) atoms. The summed E-state index contributed by atoms with van der Waals surface area (Å²) in [5.74, 6) is 0.469. The smallest absolute Gasteiger partial charge is 0.223 e. The van der Waals surface area contributed by atoms with Crippen molar-refractivity contribution in [3.05, 3.63) is 81.1 Å². The number of halogens is 2. The molecule has 0 fully saturated rings. The maximum atomic E-state index is 9.72. The average Bonchev–Trinajstić information content (AvgIpc) is 3.15. The second-order valence-corrected chi connectivity index (χ2v) is 8.10. The number of allylic oxidation sites excluding steroid dienone is 1. The van der Waals surface area contributed by atoms with Crippen molar-refractivity contribution in [3.63, 3.8) is 0 Å². The number of hydrogen-bond donors (Lipinski definition) is 2. The molecule has 2 N–H and O–H groups in total. The minimum absolute atomic E-state index is 0.469. The molecular weight excluding hydrogens is 425 g/mol. The van der Waals surface area contributed by atoms with E-state index in [0.29, 0.717) is 33.8 Å². The molecule has 0 atom stereocenters. The zero-order valence-corrected chi connectivity index (χ0v) is 17.4. The fourth-order valence-corrected chi connectivity index (χ4v) is 4.18. The molecule has 5 nitrogen and oxygen atoms in total. The third-order valence-electron chi connectivity index (χ3n) is 4.28. The zero-order chi connectivity index (χ0) is 20.2. The van der Waals surface area contributed by atoms with Gasteiger partial charge in [-0.25, -0.2) is 9.97 Å². The van der Waals surface area contributed by atoms with Crippen LogP contribution in [-0.2, 0) is 6.42 Å². The van der Waals surface area contributed by atoms with Gasteiger partial charge in [0.1, 0.15) is 11.6 Å². The Kier molecular flexibility index (Phi) is 5.91. The van der Waals surface area contributed by atoms with Crippen LogP contribution >= 0.6 is 35.0 Å². The van der Waals surface area contributed by atoms with E-state index in [2.05, 4.69) is 26.7 Å². The van der Waals surface area contributed by atoms with E-state index in [4.69, 9.17) is 23.2 Å². The number of nitrogens with zero attached hydrogens (tertiary/aromatic N) is 3. The zero-order valence-electron chi connectivity index (χ0n) is 15.1. The lowest BCUT2D eigenvalue weighted by Crippen LogP contribution is -2.09. The highest BCUT2D eigenvalue weighted by molar-refractivity contribution is 8.04. The van der Waals surface area contributed by atoms with Crippen molar-refractivity contribution in [1.29, 1.82) is 5.26 Å². The fourth-order valence-electron chi connectivity index (χ4n) is 2.85. The van der Waals surface area contributed by atoms with Crippen molar-refractivity contribution in [3.8, 4) is 6.07 Å². The first-order valence-electron chi connectivity index (χ1n) is 8.83. The first kappa shape index (κ1) is 19.6. The third kappa shape index (κ3) is 4.48. The molecule has 0 spiro atoms. The van der Waals surface area contributed by atoms with Crippen LogP contribution in [0, 0.1) is 11.3 Å². The van der Waals surface area contributed by atoms with Gasteiger partial charge in [0, 0.05) is 17.6 Å². The van der Waals surface area contributed by atoms with E-state index >= 15 is 0 Å². The highest BCUT2D eigenvalue weighted by Crippen LogP contribution is 2.43. The molecule has 0 saturated carbocycles. The molecule has 2 aromatic carbocycles. The lowest BCUT2D eigenvalue weighted by atomic mass is 10.1. The average molecular weight is 440 g/mol. The van der Waals surface area contributed by atoms with Gasteiger partial charge in [-0.05, 0) is 42.3 Å². The highest BCUT2D eigenvalue weighted by atomic mass is 35.5. The number of anilines is 2. The number of nitriles is 1. The molecule has 1 aliphatic rings. The molecule has 0 bridgehead atoms. The van der Waals surface area contributed by atoms with Crippen LogP contribution in [0.5, 0.6) is 0 Å². The molecule has 0 amide bonds. The molecule has 1 aromatic heterocycles. The largest absolute Gasteiger partial charge is 0.354 e. The Balaban J connectivity index is 1.47. The minimum atomic E-state index is 0.469. The van der Waals surface area contributed by atoms with Crippen molar-refractivity contribution in [2.24, 2.45) is 0 Å². The van der Waals surface area contributed by atoms with Gasteiger partial charge >= 0.3 is 0 Å². The number of hydrogen-bond acceptors (Lipinski definition) is 6. The number of benzene rings is 2. The van der Waals surface area contributed by atoms with Crippen LogP contribution in [-0.4, -0.2) is 16.5 Å². The van der Waals surface area contributed by atoms with Gasteiger partial charge in [-0.3, -0.25) is 0 Å². The summed E-state index contributed by atoms with van der Waals surface area (Å²) < 4.78 is 0. The second-order valence-electron chi connectivity index (χ2n) is 6.23. The van der Waals surface area contributed by atoms with E-state index in [1.807, 2.05) is 36.4 Å². The SMILES string of the molecule is N#C/C(=C1/Nc2ccccc2S1)c1ccnc(NCCc2ccc(Cl)c(Cl)c2)n1. The summed E-state index contributed by atoms with van der Waals surface area (Å²) in [4.78, 5) is 9.85. The molecule has 0 aliphatic carbocycles. The maximum absolute atomic E-state index is 9.72. The topological polar surface area (TPSA) is 73.6 Å². The summed E-state index contributed by atoms with van der Waals surface area (Å²) in [7, 11) is 0. The Morgan fingerprint density at radius 1 is 1.14 bits per heavy atom. The van der Waals surface area contributed by atoms with Crippen molar-refractivity contribution >= 4 is 52.2 Å². The Morgan fingerprint density at radius 3 is 2.79 bits per heavy atom. The molecule has 4 rings (SSSR count). The molecule has 0 unspecified atom stereocenters. The Labute approximate surface area is 182 Å². The van der Waals surface area contributed by atoms with Gasteiger partial charge in [0.15, 0.2) is 0 Å². The second kappa shape index (κ2) is 8.75. The van der Waals surface area contributed by atoms with Gasteiger partial charge in [0.25, 0.3) is 0 Å². The summed E-state index contributed by atoms with van der Waals surface area (Å²) in [6, 6.07) is 17.5.